The average Bonchev–Trinajstić information content (AvgIpc) is 3.14. The molecule has 158 valence electrons. The van der Waals surface area contributed by atoms with Gasteiger partial charge in [0.2, 0.25) is 0 Å². The van der Waals surface area contributed by atoms with Gasteiger partial charge in [0, 0.05) is 41.7 Å². The summed E-state index contributed by atoms with van der Waals surface area (Å²) in [5, 5.41) is 3.58. The molecule has 0 saturated carbocycles. The fraction of sp³-hybridized carbons (Fsp3) is 0.391. The number of halogens is 1. The Balaban J connectivity index is 1.40. The number of carbonyl (C=O) groups excluding carboxylic acids is 2. The molecule has 2 fully saturated rings. The Morgan fingerprint density at radius 1 is 1.03 bits per heavy atom. The van der Waals surface area contributed by atoms with Crippen LogP contribution in [0.3, 0.4) is 0 Å². The quantitative estimate of drug-likeness (QED) is 0.696. The Labute approximate surface area is 186 Å². The van der Waals surface area contributed by atoms with Crippen LogP contribution < -0.4 is 5.32 Å². The molecule has 0 unspecified atom stereocenters. The maximum Gasteiger partial charge on any atom is 0.321 e. The Morgan fingerprint density at radius 2 is 1.73 bits per heavy atom. The van der Waals surface area contributed by atoms with E-state index in [0.717, 1.165) is 41.8 Å². The number of hydrogen-bond acceptors (Lipinski definition) is 3. The summed E-state index contributed by atoms with van der Waals surface area (Å²) in [5.74, 6) is 1.03. The number of benzene rings is 2. The number of nitrogens with zero attached hydrogens (tertiary/aromatic N) is 2. The van der Waals surface area contributed by atoms with Crippen molar-refractivity contribution in [2.24, 2.45) is 0 Å². The van der Waals surface area contributed by atoms with Crippen LogP contribution in [0.15, 0.2) is 42.5 Å². The fourth-order valence-corrected chi connectivity index (χ4v) is 5.73. The van der Waals surface area contributed by atoms with Crippen LogP contribution in [0, 0.1) is 13.8 Å². The van der Waals surface area contributed by atoms with Crippen molar-refractivity contribution in [2.45, 2.75) is 31.6 Å². The molecular weight excluding hydrogens is 418 g/mol. The molecule has 30 heavy (non-hydrogen) atoms. The van der Waals surface area contributed by atoms with E-state index in [1.54, 1.807) is 6.07 Å². The monoisotopic (exact) mass is 443 g/mol. The van der Waals surface area contributed by atoms with Crippen LogP contribution in [0.1, 0.15) is 34.3 Å². The zero-order valence-electron chi connectivity index (χ0n) is 17.3. The van der Waals surface area contributed by atoms with Gasteiger partial charge in [0.25, 0.3) is 5.91 Å². The molecule has 2 saturated heterocycles. The lowest BCUT2D eigenvalue weighted by Crippen LogP contribution is -2.54. The van der Waals surface area contributed by atoms with Gasteiger partial charge in [-0.3, -0.25) is 4.79 Å². The first-order chi connectivity index (χ1) is 14.4. The zero-order chi connectivity index (χ0) is 21.3. The average molecular weight is 444 g/mol. The minimum absolute atomic E-state index is 0.0900. The van der Waals surface area contributed by atoms with E-state index in [9.17, 15) is 9.59 Å². The third kappa shape index (κ3) is 4.16. The normalized spacial score (nSPS) is 18.0. The highest BCUT2D eigenvalue weighted by Crippen LogP contribution is 2.44. The van der Waals surface area contributed by atoms with Gasteiger partial charge in [-0.1, -0.05) is 35.4 Å². The van der Waals surface area contributed by atoms with Gasteiger partial charge in [0.05, 0.1) is 4.87 Å². The Bertz CT molecular complexity index is 955. The maximum atomic E-state index is 13.2. The lowest BCUT2D eigenvalue weighted by atomic mass is 10.0. The van der Waals surface area contributed by atoms with E-state index in [0.29, 0.717) is 23.8 Å². The van der Waals surface area contributed by atoms with Crippen molar-refractivity contribution >= 4 is 41.0 Å². The number of aryl methyl sites for hydroxylation is 2. The summed E-state index contributed by atoms with van der Waals surface area (Å²) >= 11 is 8.02. The summed E-state index contributed by atoms with van der Waals surface area (Å²) in [4.78, 5) is 29.5. The Kier molecular flexibility index (Phi) is 5.98. The van der Waals surface area contributed by atoms with E-state index in [1.807, 2.05) is 71.8 Å². The van der Waals surface area contributed by atoms with Crippen LogP contribution in [0.25, 0.3) is 0 Å². The van der Waals surface area contributed by atoms with E-state index in [4.69, 9.17) is 11.6 Å². The minimum atomic E-state index is -0.216. The van der Waals surface area contributed by atoms with Crippen molar-refractivity contribution in [2.75, 3.05) is 30.7 Å². The molecule has 2 aliphatic rings. The van der Waals surface area contributed by atoms with Crippen LogP contribution in [-0.2, 0) is 0 Å². The summed E-state index contributed by atoms with van der Waals surface area (Å²) in [6, 6.07) is 13.2. The number of hydrogen-bond donors (Lipinski definition) is 1. The van der Waals surface area contributed by atoms with Gasteiger partial charge in [-0.2, -0.15) is 0 Å². The predicted octanol–water partition coefficient (Wildman–Crippen LogP) is 5.17. The summed E-state index contributed by atoms with van der Waals surface area (Å²) in [7, 11) is 0. The van der Waals surface area contributed by atoms with Crippen molar-refractivity contribution < 1.29 is 9.59 Å². The Morgan fingerprint density at radius 3 is 2.40 bits per heavy atom. The van der Waals surface area contributed by atoms with E-state index in [2.05, 4.69) is 5.32 Å². The van der Waals surface area contributed by atoms with Crippen LogP contribution in [0.2, 0.25) is 5.02 Å². The van der Waals surface area contributed by atoms with E-state index in [-0.39, 0.29) is 16.8 Å². The SMILES string of the molecule is Cc1ccc(C(=O)N2CCSC23CCN(C(=O)Nc2ccc(C)c(Cl)c2)CC3)cc1. The van der Waals surface area contributed by atoms with Crippen LogP contribution in [-0.4, -0.2) is 52.0 Å². The highest BCUT2D eigenvalue weighted by Gasteiger charge is 2.47. The van der Waals surface area contributed by atoms with Gasteiger partial charge < -0.3 is 15.1 Å². The highest BCUT2D eigenvalue weighted by atomic mass is 35.5. The number of anilines is 1. The van der Waals surface area contributed by atoms with Crippen LogP contribution in [0.5, 0.6) is 0 Å². The zero-order valence-corrected chi connectivity index (χ0v) is 18.9. The first-order valence-corrected chi connectivity index (χ1v) is 11.6. The molecule has 0 aromatic heterocycles. The molecule has 1 N–H and O–H groups in total. The first-order valence-electron chi connectivity index (χ1n) is 10.2. The predicted molar refractivity (Wildman–Crippen MR) is 123 cm³/mol. The van der Waals surface area contributed by atoms with Gasteiger partial charge >= 0.3 is 6.03 Å². The van der Waals surface area contributed by atoms with E-state index < -0.39 is 0 Å². The number of piperidine rings is 1. The van der Waals surface area contributed by atoms with Gasteiger partial charge in [0.1, 0.15) is 0 Å². The van der Waals surface area contributed by atoms with Crippen LogP contribution in [0.4, 0.5) is 10.5 Å². The molecule has 7 heteroatoms. The molecule has 2 aromatic carbocycles. The summed E-state index contributed by atoms with van der Waals surface area (Å²) < 4.78 is 0. The smallest absolute Gasteiger partial charge is 0.321 e. The maximum absolute atomic E-state index is 13.2. The summed E-state index contributed by atoms with van der Waals surface area (Å²) in [6.07, 6.45) is 1.55. The number of nitrogens with one attached hydrogen (secondary N) is 1. The highest BCUT2D eigenvalue weighted by molar-refractivity contribution is 8.00. The molecule has 5 nitrogen and oxygen atoms in total. The molecule has 1 spiro atoms. The second-order valence-electron chi connectivity index (χ2n) is 8.00. The third-order valence-electron chi connectivity index (χ3n) is 5.98. The number of rotatable bonds is 2. The van der Waals surface area contributed by atoms with Gasteiger partial charge in [0.15, 0.2) is 0 Å². The molecule has 0 aliphatic carbocycles. The molecule has 2 aliphatic heterocycles. The Hall–Kier alpha value is -2.18. The third-order valence-corrected chi connectivity index (χ3v) is 7.94. The first kappa shape index (κ1) is 21.1. The minimum Gasteiger partial charge on any atom is -0.324 e. The molecule has 2 aromatic rings. The lowest BCUT2D eigenvalue weighted by Gasteiger charge is -2.44. The number of thioether (sulfide) groups is 1. The second kappa shape index (κ2) is 8.52. The lowest BCUT2D eigenvalue weighted by molar-refractivity contribution is 0.0585. The number of urea groups is 1. The van der Waals surface area contributed by atoms with Crippen molar-refractivity contribution in [1.82, 2.24) is 9.80 Å². The van der Waals surface area contributed by atoms with Gasteiger partial charge in [-0.25, -0.2) is 4.79 Å². The van der Waals surface area contributed by atoms with Crippen molar-refractivity contribution in [3.63, 3.8) is 0 Å². The largest absolute Gasteiger partial charge is 0.324 e. The van der Waals surface area contributed by atoms with Crippen molar-refractivity contribution in [3.05, 3.63) is 64.2 Å². The summed E-state index contributed by atoms with van der Waals surface area (Å²) in [6.45, 7) is 5.95. The van der Waals surface area contributed by atoms with E-state index >= 15 is 0 Å². The van der Waals surface area contributed by atoms with Crippen LogP contribution >= 0.6 is 23.4 Å². The standard InChI is InChI=1S/C23H26ClN3O2S/c1-16-3-6-18(7-4-16)21(28)27-13-14-30-23(27)9-11-26(12-10-23)22(29)25-19-8-5-17(2)20(24)15-19/h3-8,15H,9-14H2,1-2H3,(H,25,29). The van der Waals surface area contributed by atoms with Crippen molar-refractivity contribution in [3.8, 4) is 0 Å². The molecular formula is C23H26ClN3O2S. The number of carbonyl (C=O) groups is 2. The number of likely N-dealkylation sites (tertiary alicyclic amines) is 1. The molecule has 0 atom stereocenters. The summed E-state index contributed by atoms with van der Waals surface area (Å²) in [5.41, 5.74) is 3.55. The fourth-order valence-electron chi connectivity index (χ4n) is 4.09. The number of amides is 3. The molecule has 0 bridgehead atoms. The van der Waals surface area contributed by atoms with E-state index in [1.165, 1.54) is 0 Å². The topological polar surface area (TPSA) is 52.7 Å². The molecule has 3 amide bonds. The molecule has 4 rings (SSSR count). The molecule has 2 heterocycles. The second-order valence-corrected chi connectivity index (χ2v) is 9.86. The van der Waals surface area contributed by atoms with Gasteiger partial charge in [-0.15, -0.1) is 11.8 Å². The van der Waals surface area contributed by atoms with Gasteiger partial charge in [-0.05, 0) is 56.5 Å². The molecule has 0 radical (unpaired) electrons. The van der Waals surface area contributed by atoms with Crippen molar-refractivity contribution in [1.29, 1.82) is 0 Å².